The zero-order valence-corrected chi connectivity index (χ0v) is 14.2. The standard InChI is InChI=1S/C15H19BrN4O2/c1-3-21-12-6-9(11(16)7-13(12)22-4-2)5-10-8-19-15(18)20-14(10)17/h6-8H,3-5H2,1-2H3,(H4,17,18,19,20). The number of halogens is 1. The number of benzene rings is 1. The van der Waals surface area contributed by atoms with Crippen LogP contribution in [0, 0.1) is 0 Å². The van der Waals surface area contributed by atoms with E-state index in [2.05, 4.69) is 25.9 Å². The van der Waals surface area contributed by atoms with Crippen molar-refractivity contribution in [2.75, 3.05) is 24.7 Å². The molecule has 0 saturated heterocycles. The van der Waals surface area contributed by atoms with Crippen LogP contribution in [0.15, 0.2) is 22.8 Å². The van der Waals surface area contributed by atoms with Gasteiger partial charge in [-0.1, -0.05) is 15.9 Å². The Morgan fingerprint density at radius 2 is 1.68 bits per heavy atom. The van der Waals surface area contributed by atoms with Gasteiger partial charge in [-0.2, -0.15) is 4.98 Å². The molecular weight excluding hydrogens is 348 g/mol. The summed E-state index contributed by atoms with van der Waals surface area (Å²) in [6, 6.07) is 3.84. The van der Waals surface area contributed by atoms with Crippen LogP contribution < -0.4 is 20.9 Å². The molecule has 0 amide bonds. The minimum absolute atomic E-state index is 0.169. The maximum absolute atomic E-state index is 5.89. The molecule has 1 aromatic heterocycles. The predicted molar refractivity (Wildman–Crippen MR) is 90.1 cm³/mol. The van der Waals surface area contributed by atoms with E-state index < -0.39 is 0 Å². The second-order valence-electron chi connectivity index (χ2n) is 4.57. The normalized spacial score (nSPS) is 10.5. The molecule has 7 heteroatoms. The van der Waals surface area contributed by atoms with Gasteiger partial charge in [-0.3, -0.25) is 0 Å². The first kappa shape index (κ1) is 16.4. The van der Waals surface area contributed by atoms with Crippen molar-refractivity contribution < 1.29 is 9.47 Å². The first-order valence-electron chi connectivity index (χ1n) is 7.00. The molecule has 0 aliphatic rings. The number of hydrogen-bond donors (Lipinski definition) is 2. The third-order valence-corrected chi connectivity index (χ3v) is 3.75. The SMILES string of the molecule is CCOc1cc(Br)c(Cc2cnc(N)nc2N)cc1OCC. The molecule has 0 atom stereocenters. The van der Waals surface area contributed by atoms with Crippen molar-refractivity contribution in [1.82, 2.24) is 9.97 Å². The third kappa shape index (κ3) is 3.79. The summed E-state index contributed by atoms with van der Waals surface area (Å²) in [5, 5.41) is 0. The summed E-state index contributed by atoms with van der Waals surface area (Å²) in [5.74, 6) is 1.97. The van der Waals surface area contributed by atoms with Crippen LogP contribution in [0.2, 0.25) is 0 Å². The fraction of sp³-hybridized carbons (Fsp3) is 0.333. The molecule has 0 aliphatic carbocycles. The van der Waals surface area contributed by atoms with E-state index >= 15 is 0 Å². The molecule has 0 radical (unpaired) electrons. The molecule has 0 aliphatic heterocycles. The van der Waals surface area contributed by atoms with Crippen molar-refractivity contribution in [3.63, 3.8) is 0 Å². The van der Waals surface area contributed by atoms with Crippen LogP contribution in [0.4, 0.5) is 11.8 Å². The molecule has 2 aromatic rings. The lowest BCUT2D eigenvalue weighted by Gasteiger charge is -2.14. The number of nitrogen functional groups attached to an aromatic ring is 2. The van der Waals surface area contributed by atoms with Crippen molar-refractivity contribution in [2.24, 2.45) is 0 Å². The number of ether oxygens (including phenoxy) is 2. The molecule has 4 N–H and O–H groups in total. The van der Waals surface area contributed by atoms with E-state index in [0.717, 1.165) is 15.6 Å². The zero-order chi connectivity index (χ0) is 16.1. The highest BCUT2D eigenvalue weighted by atomic mass is 79.9. The molecule has 1 heterocycles. The topological polar surface area (TPSA) is 96.3 Å². The largest absolute Gasteiger partial charge is 0.490 e. The second kappa shape index (κ2) is 7.31. The van der Waals surface area contributed by atoms with Crippen LogP contribution in [0.25, 0.3) is 0 Å². The van der Waals surface area contributed by atoms with E-state index in [0.29, 0.717) is 37.0 Å². The summed E-state index contributed by atoms with van der Waals surface area (Å²) in [7, 11) is 0. The van der Waals surface area contributed by atoms with Gasteiger partial charge in [0.25, 0.3) is 0 Å². The van der Waals surface area contributed by atoms with Crippen LogP contribution in [0.3, 0.4) is 0 Å². The van der Waals surface area contributed by atoms with Crippen LogP contribution in [0.1, 0.15) is 25.0 Å². The van der Waals surface area contributed by atoms with E-state index in [-0.39, 0.29) is 5.95 Å². The maximum atomic E-state index is 5.89. The summed E-state index contributed by atoms with van der Waals surface area (Å²) in [4.78, 5) is 7.97. The van der Waals surface area contributed by atoms with Gasteiger partial charge in [0.15, 0.2) is 11.5 Å². The Morgan fingerprint density at radius 1 is 1.05 bits per heavy atom. The minimum Gasteiger partial charge on any atom is -0.490 e. The van der Waals surface area contributed by atoms with Crippen molar-refractivity contribution in [3.8, 4) is 11.5 Å². The van der Waals surface area contributed by atoms with Crippen molar-refractivity contribution in [3.05, 3.63) is 33.9 Å². The first-order chi connectivity index (χ1) is 10.5. The average Bonchev–Trinajstić information content (AvgIpc) is 2.47. The Kier molecular flexibility index (Phi) is 5.43. The summed E-state index contributed by atoms with van der Waals surface area (Å²) in [6.07, 6.45) is 2.21. The number of hydrogen-bond acceptors (Lipinski definition) is 6. The molecule has 118 valence electrons. The Bertz CT molecular complexity index is 664. The highest BCUT2D eigenvalue weighted by Crippen LogP contribution is 2.35. The van der Waals surface area contributed by atoms with E-state index in [4.69, 9.17) is 20.9 Å². The molecule has 0 bridgehead atoms. The molecule has 22 heavy (non-hydrogen) atoms. The first-order valence-corrected chi connectivity index (χ1v) is 7.79. The number of nitrogens with two attached hydrogens (primary N) is 2. The van der Waals surface area contributed by atoms with Gasteiger partial charge in [-0.15, -0.1) is 0 Å². The fourth-order valence-corrected chi connectivity index (χ4v) is 2.49. The molecule has 2 rings (SSSR count). The molecule has 0 fully saturated rings. The summed E-state index contributed by atoms with van der Waals surface area (Å²) in [6.45, 7) is 5.01. The Hall–Kier alpha value is -2.02. The number of anilines is 2. The highest BCUT2D eigenvalue weighted by Gasteiger charge is 2.13. The van der Waals surface area contributed by atoms with Gasteiger partial charge in [0.2, 0.25) is 5.95 Å². The summed E-state index contributed by atoms with van der Waals surface area (Å²) >= 11 is 3.56. The Balaban J connectivity index is 2.35. The van der Waals surface area contributed by atoms with Gasteiger partial charge in [-0.25, -0.2) is 4.98 Å². The predicted octanol–water partition coefficient (Wildman–Crippen LogP) is 2.79. The van der Waals surface area contributed by atoms with E-state index in [9.17, 15) is 0 Å². The lowest BCUT2D eigenvalue weighted by atomic mass is 10.1. The molecule has 0 saturated carbocycles. The quantitative estimate of drug-likeness (QED) is 0.815. The minimum atomic E-state index is 0.169. The van der Waals surface area contributed by atoms with Gasteiger partial charge in [-0.05, 0) is 31.5 Å². The summed E-state index contributed by atoms with van der Waals surface area (Å²) in [5.41, 5.74) is 13.2. The number of aromatic nitrogens is 2. The second-order valence-corrected chi connectivity index (χ2v) is 5.43. The lowest BCUT2D eigenvalue weighted by Crippen LogP contribution is -2.05. The monoisotopic (exact) mass is 366 g/mol. The maximum Gasteiger partial charge on any atom is 0.221 e. The van der Waals surface area contributed by atoms with Gasteiger partial charge in [0, 0.05) is 22.7 Å². The highest BCUT2D eigenvalue weighted by molar-refractivity contribution is 9.10. The Morgan fingerprint density at radius 3 is 2.27 bits per heavy atom. The molecule has 0 spiro atoms. The molecule has 6 nitrogen and oxygen atoms in total. The van der Waals surface area contributed by atoms with Crippen LogP contribution in [-0.2, 0) is 6.42 Å². The zero-order valence-electron chi connectivity index (χ0n) is 12.6. The Labute approximate surface area is 138 Å². The van der Waals surface area contributed by atoms with E-state index in [1.54, 1.807) is 6.20 Å². The van der Waals surface area contributed by atoms with Gasteiger partial charge in [0.1, 0.15) is 5.82 Å². The smallest absolute Gasteiger partial charge is 0.221 e. The number of rotatable bonds is 6. The van der Waals surface area contributed by atoms with Crippen LogP contribution >= 0.6 is 15.9 Å². The average molecular weight is 367 g/mol. The fourth-order valence-electron chi connectivity index (χ4n) is 2.02. The van der Waals surface area contributed by atoms with Crippen molar-refractivity contribution in [2.45, 2.75) is 20.3 Å². The number of nitrogens with zero attached hydrogens (tertiary/aromatic N) is 2. The van der Waals surface area contributed by atoms with E-state index in [1.807, 2.05) is 26.0 Å². The summed E-state index contributed by atoms with van der Waals surface area (Å²) < 4.78 is 12.2. The van der Waals surface area contributed by atoms with Crippen LogP contribution in [-0.4, -0.2) is 23.2 Å². The van der Waals surface area contributed by atoms with Crippen LogP contribution in [0.5, 0.6) is 11.5 Å². The van der Waals surface area contributed by atoms with Gasteiger partial charge < -0.3 is 20.9 Å². The molecular formula is C15H19BrN4O2. The van der Waals surface area contributed by atoms with Gasteiger partial charge >= 0.3 is 0 Å². The molecule has 1 aromatic carbocycles. The van der Waals surface area contributed by atoms with Crippen molar-refractivity contribution >= 4 is 27.7 Å². The lowest BCUT2D eigenvalue weighted by molar-refractivity contribution is 0.287. The third-order valence-electron chi connectivity index (χ3n) is 3.01. The molecule has 0 unspecified atom stereocenters. The van der Waals surface area contributed by atoms with E-state index in [1.165, 1.54) is 0 Å². The van der Waals surface area contributed by atoms with Crippen molar-refractivity contribution in [1.29, 1.82) is 0 Å². The van der Waals surface area contributed by atoms with Gasteiger partial charge in [0.05, 0.1) is 13.2 Å².